The summed E-state index contributed by atoms with van der Waals surface area (Å²) in [6, 6.07) is 12.2. The fraction of sp³-hybridized carbons (Fsp3) is 0.118. The third-order valence-corrected chi connectivity index (χ3v) is 4.43. The smallest absolute Gasteiger partial charge is 0.258 e. The lowest BCUT2D eigenvalue weighted by atomic mass is 10.2. The molecule has 0 fully saturated rings. The number of nitrogens with zero attached hydrogens (tertiary/aromatic N) is 2. The second-order valence-corrected chi connectivity index (χ2v) is 6.54. The van der Waals surface area contributed by atoms with E-state index in [1.807, 2.05) is 24.3 Å². The highest BCUT2D eigenvalue weighted by Gasteiger charge is 2.06. The summed E-state index contributed by atoms with van der Waals surface area (Å²) >= 11 is 7.24. The minimum atomic E-state index is -0.206. The van der Waals surface area contributed by atoms with Crippen LogP contribution in [0.2, 0.25) is 5.02 Å². The Balaban J connectivity index is 1.75. The van der Waals surface area contributed by atoms with Crippen LogP contribution in [0.3, 0.4) is 0 Å². The average molecular weight is 375 g/mol. The first-order valence-corrected chi connectivity index (χ1v) is 8.71. The Morgan fingerprint density at radius 2 is 2.08 bits per heavy atom. The van der Waals surface area contributed by atoms with Gasteiger partial charge in [-0.2, -0.15) is 0 Å². The summed E-state index contributed by atoms with van der Waals surface area (Å²) in [6.07, 6.45) is 0. The quantitative estimate of drug-likeness (QED) is 0.538. The summed E-state index contributed by atoms with van der Waals surface area (Å²) in [5, 5.41) is 1.40. The minimum absolute atomic E-state index is 0.206. The maximum Gasteiger partial charge on any atom is 0.258 e. The van der Waals surface area contributed by atoms with Gasteiger partial charge in [0.2, 0.25) is 0 Å². The molecule has 0 saturated heterocycles. The Morgan fingerprint density at radius 3 is 2.80 bits per heavy atom. The number of ether oxygens (including phenoxy) is 1. The Bertz CT molecular complexity index is 986. The number of nitrogens with two attached hydrogens (primary N) is 1. The SMILES string of the molecule is COc1ccc(N=C(N)SCc2nc3cc(Cl)ccc3c(=O)[nH]2)cc1. The van der Waals surface area contributed by atoms with E-state index in [1.165, 1.54) is 11.8 Å². The van der Waals surface area contributed by atoms with Crippen molar-refractivity contribution < 1.29 is 4.74 Å². The first-order valence-electron chi connectivity index (χ1n) is 7.34. The molecule has 6 nitrogen and oxygen atoms in total. The van der Waals surface area contributed by atoms with E-state index < -0.39 is 0 Å². The van der Waals surface area contributed by atoms with Crippen LogP contribution in [0.25, 0.3) is 10.9 Å². The van der Waals surface area contributed by atoms with Gasteiger partial charge in [0.15, 0.2) is 5.17 Å². The molecule has 0 radical (unpaired) electrons. The Morgan fingerprint density at radius 1 is 1.32 bits per heavy atom. The monoisotopic (exact) mass is 374 g/mol. The molecule has 0 aliphatic heterocycles. The highest BCUT2D eigenvalue weighted by molar-refractivity contribution is 8.13. The predicted octanol–water partition coefficient (Wildman–Crippen LogP) is 3.46. The van der Waals surface area contributed by atoms with E-state index in [0.29, 0.717) is 32.7 Å². The molecular formula is C17H15ClN4O2S. The summed E-state index contributed by atoms with van der Waals surface area (Å²) in [5.74, 6) is 1.66. The molecule has 0 amide bonds. The molecule has 0 unspecified atom stereocenters. The molecule has 3 rings (SSSR count). The van der Waals surface area contributed by atoms with Gasteiger partial charge in [0.25, 0.3) is 5.56 Å². The standard InChI is InChI=1S/C17H15ClN4O2S/c1-24-12-5-3-11(4-6-12)20-17(19)25-9-15-21-14-8-10(18)2-7-13(14)16(23)22-15/h2-8H,9H2,1H3,(H2,19,20)(H,21,22,23). The van der Waals surface area contributed by atoms with E-state index in [9.17, 15) is 4.79 Å². The van der Waals surface area contributed by atoms with Gasteiger partial charge >= 0.3 is 0 Å². The molecule has 8 heteroatoms. The second kappa shape index (κ2) is 7.58. The van der Waals surface area contributed by atoms with Crippen molar-refractivity contribution in [2.45, 2.75) is 5.75 Å². The lowest BCUT2D eigenvalue weighted by molar-refractivity contribution is 0.415. The summed E-state index contributed by atoms with van der Waals surface area (Å²) < 4.78 is 5.10. The van der Waals surface area contributed by atoms with Gasteiger partial charge in [-0.3, -0.25) is 4.79 Å². The van der Waals surface area contributed by atoms with Gasteiger partial charge in [-0.15, -0.1) is 0 Å². The third-order valence-electron chi connectivity index (χ3n) is 3.39. The van der Waals surface area contributed by atoms with Gasteiger partial charge in [-0.1, -0.05) is 23.4 Å². The molecular weight excluding hydrogens is 360 g/mol. The van der Waals surface area contributed by atoms with Crippen LogP contribution < -0.4 is 16.0 Å². The first-order chi connectivity index (χ1) is 12.0. The third kappa shape index (κ3) is 4.32. The Kier molecular flexibility index (Phi) is 5.25. The van der Waals surface area contributed by atoms with Crippen molar-refractivity contribution in [1.82, 2.24) is 9.97 Å². The number of amidine groups is 1. The zero-order valence-electron chi connectivity index (χ0n) is 13.3. The molecule has 2 aromatic carbocycles. The van der Waals surface area contributed by atoms with Crippen LogP contribution in [0.4, 0.5) is 5.69 Å². The van der Waals surface area contributed by atoms with Crippen molar-refractivity contribution in [3.63, 3.8) is 0 Å². The van der Waals surface area contributed by atoms with Crippen LogP contribution >= 0.6 is 23.4 Å². The number of halogens is 1. The van der Waals surface area contributed by atoms with E-state index in [1.54, 1.807) is 25.3 Å². The maximum absolute atomic E-state index is 12.1. The largest absolute Gasteiger partial charge is 0.497 e. The van der Waals surface area contributed by atoms with Crippen LogP contribution in [0.1, 0.15) is 5.82 Å². The van der Waals surface area contributed by atoms with Crippen LogP contribution in [0.15, 0.2) is 52.3 Å². The highest BCUT2D eigenvalue weighted by Crippen LogP contribution is 2.20. The first kappa shape index (κ1) is 17.3. The molecule has 0 spiro atoms. The van der Waals surface area contributed by atoms with E-state index in [2.05, 4.69) is 15.0 Å². The van der Waals surface area contributed by atoms with Gasteiger partial charge in [0.1, 0.15) is 11.6 Å². The molecule has 128 valence electrons. The zero-order valence-corrected chi connectivity index (χ0v) is 14.9. The van der Waals surface area contributed by atoms with E-state index in [0.717, 1.165) is 11.4 Å². The number of benzene rings is 2. The van der Waals surface area contributed by atoms with Crippen molar-refractivity contribution in [3.8, 4) is 5.75 Å². The number of fused-ring (bicyclic) bond motifs is 1. The summed E-state index contributed by atoms with van der Waals surface area (Å²) in [6.45, 7) is 0. The van der Waals surface area contributed by atoms with Crippen molar-refractivity contribution in [2.75, 3.05) is 7.11 Å². The normalized spacial score (nSPS) is 11.7. The van der Waals surface area contributed by atoms with Crippen molar-refractivity contribution in [2.24, 2.45) is 10.7 Å². The maximum atomic E-state index is 12.1. The molecule has 25 heavy (non-hydrogen) atoms. The number of aromatic amines is 1. The summed E-state index contributed by atoms with van der Waals surface area (Å²) in [5.41, 5.74) is 7.01. The van der Waals surface area contributed by atoms with Crippen LogP contribution in [0, 0.1) is 0 Å². The lowest BCUT2D eigenvalue weighted by Gasteiger charge is -2.04. The van der Waals surface area contributed by atoms with Gasteiger partial charge < -0.3 is 15.5 Å². The molecule has 0 bridgehead atoms. The number of nitrogens with one attached hydrogen (secondary N) is 1. The second-order valence-electron chi connectivity index (χ2n) is 5.11. The number of methoxy groups -OCH3 is 1. The number of aliphatic imine (C=N–C) groups is 1. The average Bonchev–Trinajstić information content (AvgIpc) is 2.60. The number of aromatic nitrogens is 2. The number of hydrogen-bond acceptors (Lipinski definition) is 5. The molecule has 1 heterocycles. The molecule has 0 atom stereocenters. The molecule has 0 aliphatic rings. The number of hydrogen-bond donors (Lipinski definition) is 2. The fourth-order valence-electron chi connectivity index (χ4n) is 2.19. The Labute approximate surface area is 153 Å². The van der Waals surface area contributed by atoms with Crippen LogP contribution in [-0.4, -0.2) is 22.2 Å². The Hall–Kier alpha value is -2.51. The zero-order chi connectivity index (χ0) is 17.8. The van der Waals surface area contributed by atoms with Gasteiger partial charge in [-0.25, -0.2) is 9.98 Å². The summed E-state index contributed by atoms with van der Waals surface area (Å²) in [7, 11) is 1.60. The van der Waals surface area contributed by atoms with Crippen LogP contribution in [0.5, 0.6) is 5.75 Å². The number of H-pyrrole nitrogens is 1. The number of thioether (sulfide) groups is 1. The molecule has 1 aromatic heterocycles. The number of rotatable bonds is 4. The summed E-state index contributed by atoms with van der Waals surface area (Å²) in [4.78, 5) is 23.6. The van der Waals surface area contributed by atoms with E-state index >= 15 is 0 Å². The predicted molar refractivity (Wildman–Crippen MR) is 103 cm³/mol. The molecule has 0 aliphatic carbocycles. The fourth-order valence-corrected chi connectivity index (χ4v) is 2.95. The molecule has 3 N–H and O–H groups in total. The van der Waals surface area contributed by atoms with Crippen molar-refractivity contribution in [3.05, 3.63) is 63.7 Å². The van der Waals surface area contributed by atoms with Crippen molar-refractivity contribution >= 4 is 45.1 Å². The lowest BCUT2D eigenvalue weighted by Crippen LogP contribution is -2.13. The van der Waals surface area contributed by atoms with E-state index in [-0.39, 0.29) is 5.56 Å². The van der Waals surface area contributed by atoms with Crippen LogP contribution in [-0.2, 0) is 5.75 Å². The van der Waals surface area contributed by atoms with Gasteiger partial charge in [0, 0.05) is 5.02 Å². The molecule has 0 saturated carbocycles. The highest BCUT2D eigenvalue weighted by atomic mass is 35.5. The van der Waals surface area contributed by atoms with E-state index in [4.69, 9.17) is 22.1 Å². The minimum Gasteiger partial charge on any atom is -0.497 e. The topological polar surface area (TPSA) is 93.4 Å². The van der Waals surface area contributed by atoms with Gasteiger partial charge in [0.05, 0.1) is 29.5 Å². The van der Waals surface area contributed by atoms with Gasteiger partial charge in [-0.05, 0) is 42.5 Å². The molecule has 3 aromatic rings. The van der Waals surface area contributed by atoms with Crippen molar-refractivity contribution in [1.29, 1.82) is 0 Å².